The highest BCUT2D eigenvalue weighted by Gasteiger charge is 2.44. The lowest BCUT2D eigenvalue weighted by Gasteiger charge is -2.35. The number of aliphatic hydroxyl groups excluding tert-OH is 1. The largest absolute Gasteiger partial charge is 0.391 e. The van der Waals surface area contributed by atoms with Crippen molar-refractivity contribution in [2.45, 2.75) is 85.5 Å². The SMILES string of the molecule is CC(=O)N[C@H](C(=O)N1C[C@H](O)C[C@H]1C(=O)NCc1ccc(-c2scnc2C)cc1C(C)C)C(C)(C)C. The monoisotopic (exact) mass is 514 g/mol. The molecule has 0 aliphatic carbocycles. The van der Waals surface area contributed by atoms with E-state index in [0.717, 1.165) is 27.3 Å². The summed E-state index contributed by atoms with van der Waals surface area (Å²) in [7, 11) is 0. The number of hydrogen-bond acceptors (Lipinski definition) is 6. The fourth-order valence-electron chi connectivity index (χ4n) is 4.64. The van der Waals surface area contributed by atoms with Gasteiger partial charge in [0.25, 0.3) is 0 Å². The Balaban J connectivity index is 1.77. The quantitative estimate of drug-likeness (QED) is 0.525. The van der Waals surface area contributed by atoms with E-state index < -0.39 is 23.6 Å². The van der Waals surface area contributed by atoms with Gasteiger partial charge in [0.1, 0.15) is 12.1 Å². The third-order valence-corrected chi connectivity index (χ3v) is 7.53. The molecule has 3 N–H and O–H groups in total. The third-order valence-electron chi connectivity index (χ3n) is 6.55. The van der Waals surface area contributed by atoms with Crippen LogP contribution in [-0.4, -0.2) is 57.4 Å². The lowest BCUT2D eigenvalue weighted by Crippen LogP contribution is -2.57. The predicted molar refractivity (Wildman–Crippen MR) is 141 cm³/mol. The van der Waals surface area contributed by atoms with Gasteiger partial charge in [0.2, 0.25) is 17.7 Å². The highest BCUT2D eigenvalue weighted by atomic mass is 32.1. The maximum absolute atomic E-state index is 13.4. The molecule has 2 heterocycles. The van der Waals surface area contributed by atoms with Gasteiger partial charge in [0, 0.05) is 26.4 Å². The zero-order valence-electron chi connectivity index (χ0n) is 22.2. The Morgan fingerprint density at radius 2 is 1.94 bits per heavy atom. The van der Waals surface area contributed by atoms with Gasteiger partial charge in [-0.15, -0.1) is 11.3 Å². The van der Waals surface area contributed by atoms with Crippen molar-refractivity contribution in [1.29, 1.82) is 0 Å². The molecular formula is C27H38N4O4S. The molecule has 1 saturated heterocycles. The highest BCUT2D eigenvalue weighted by molar-refractivity contribution is 7.13. The molecule has 0 saturated carbocycles. The molecule has 0 radical (unpaired) electrons. The zero-order chi connectivity index (χ0) is 26.8. The van der Waals surface area contributed by atoms with Crippen LogP contribution in [0.25, 0.3) is 10.4 Å². The van der Waals surface area contributed by atoms with Crippen LogP contribution in [0.2, 0.25) is 0 Å². The molecule has 1 aromatic carbocycles. The van der Waals surface area contributed by atoms with Crippen molar-refractivity contribution in [3.63, 3.8) is 0 Å². The normalized spacial score (nSPS) is 18.9. The summed E-state index contributed by atoms with van der Waals surface area (Å²) in [4.78, 5) is 45.3. The average Bonchev–Trinajstić information content (AvgIpc) is 3.39. The summed E-state index contributed by atoms with van der Waals surface area (Å²) < 4.78 is 0. The summed E-state index contributed by atoms with van der Waals surface area (Å²) in [5.41, 5.74) is 5.53. The Hall–Kier alpha value is -2.78. The van der Waals surface area contributed by atoms with Gasteiger partial charge in [-0.25, -0.2) is 4.98 Å². The summed E-state index contributed by atoms with van der Waals surface area (Å²) in [6.45, 7) is 13.5. The number of aryl methyl sites for hydroxylation is 1. The van der Waals surface area contributed by atoms with E-state index in [1.54, 1.807) is 11.3 Å². The number of nitrogens with zero attached hydrogens (tertiary/aromatic N) is 2. The number of aromatic nitrogens is 1. The minimum absolute atomic E-state index is 0.0588. The predicted octanol–water partition coefficient (Wildman–Crippen LogP) is 3.37. The number of aliphatic hydroxyl groups is 1. The summed E-state index contributed by atoms with van der Waals surface area (Å²) in [5, 5.41) is 16.0. The van der Waals surface area contributed by atoms with E-state index in [1.807, 2.05) is 45.3 Å². The Labute approximate surface area is 217 Å². The summed E-state index contributed by atoms with van der Waals surface area (Å²) in [6, 6.07) is 4.63. The van der Waals surface area contributed by atoms with Crippen LogP contribution >= 0.6 is 11.3 Å². The molecule has 9 heteroatoms. The van der Waals surface area contributed by atoms with Crippen molar-refractivity contribution in [2.75, 3.05) is 6.54 Å². The van der Waals surface area contributed by atoms with Crippen molar-refractivity contribution >= 4 is 29.1 Å². The van der Waals surface area contributed by atoms with Crippen LogP contribution in [0.3, 0.4) is 0 Å². The molecule has 36 heavy (non-hydrogen) atoms. The van der Waals surface area contributed by atoms with Crippen LogP contribution < -0.4 is 10.6 Å². The smallest absolute Gasteiger partial charge is 0.246 e. The van der Waals surface area contributed by atoms with Crippen LogP contribution in [0.15, 0.2) is 23.7 Å². The number of rotatable bonds is 7. The van der Waals surface area contributed by atoms with Gasteiger partial charge >= 0.3 is 0 Å². The van der Waals surface area contributed by atoms with Crippen molar-refractivity contribution in [3.8, 4) is 10.4 Å². The van der Waals surface area contributed by atoms with Crippen LogP contribution in [0.5, 0.6) is 0 Å². The van der Waals surface area contributed by atoms with Crippen molar-refractivity contribution in [2.24, 2.45) is 5.41 Å². The Morgan fingerprint density at radius 1 is 1.25 bits per heavy atom. The van der Waals surface area contributed by atoms with Gasteiger partial charge in [-0.3, -0.25) is 14.4 Å². The first-order chi connectivity index (χ1) is 16.8. The Bertz CT molecular complexity index is 1120. The second kappa shape index (κ2) is 11.1. The number of likely N-dealkylation sites (tertiary alicyclic amines) is 1. The minimum Gasteiger partial charge on any atom is -0.391 e. The van der Waals surface area contributed by atoms with Crippen molar-refractivity contribution in [3.05, 3.63) is 40.5 Å². The first-order valence-electron chi connectivity index (χ1n) is 12.4. The Morgan fingerprint density at radius 3 is 2.50 bits per heavy atom. The molecule has 3 amide bonds. The number of nitrogens with one attached hydrogen (secondary N) is 2. The van der Waals surface area contributed by atoms with E-state index in [-0.39, 0.29) is 36.6 Å². The van der Waals surface area contributed by atoms with E-state index in [1.165, 1.54) is 11.8 Å². The number of amides is 3. The highest BCUT2D eigenvalue weighted by Crippen LogP contribution is 2.32. The Kier molecular flexibility index (Phi) is 8.56. The molecule has 8 nitrogen and oxygen atoms in total. The van der Waals surface area contributed by atoms with Gasteiger partial charge in [-0.2, -0.15) is 0 Å². The van der Waals surface area contributed by atoms with Crippen LogP contribution in [0, 0.1) is 12.3 Å². The molecule has 1 aliphatic rings. The molecule has 3 atom stereocenters. The molecule has 196 valence electrons. The van der Waals surface area contributed by atoms with Crippen molar-refractivity contribution < 1.29 is 19.5 Å². The molecule has 0 spiro atoms. The second-order valence-corrected chi connectivity index (χ2v) is 11.8. The van der Waals surface area contributed by atoms with Crippen molar-refractivity contribution in [1.82, 2.24) is 20.5 Å². The van der Waals surface area contributed by atoms with Gasteiger partial charge in [-0.1, -0.05) is 46.8 Å². The van der Waals surface area contributed by atoms with Gasteiger partial charge in [0.05, 0.1) is 22.2 Å². The van der Waals surface area contributed by atoms with Crippen LogP contribution in [0.1, 0.15) is 70.7 Å². The van der Waals surface area contributed by atoms with E-state index in [0.29, 0.717) is 6.54 Å². The average molecular weight is 515 g/mol. The molecule has 0 bridgehead atoms. The number of carbonyl (C=O) groups excluding carboxylic acids is 3. The number of hydrogen-bond donors (Lipinski definition) is 3. The fourth-order valence-corrected chi connectivity index (χ4v) is 5.44. The molecule has 1 aromatic heterocycles. The first kappa shape index (κ1) is 27.8. The number of carbonyl (C=O) groups is 3. The maximum Gasteiger partial charge on any atom is 0.246 e. The third kappa shape index (κ3) is 6.31. The number of benzene rings is 1. The minimum atomic E-state index is -0.800. The number of β-amino-alcohol motifs (C(OH)–C–C–N with tert-alkyl or cyclic N) is 1. The van der Waals surface area contributed by atoms with Crippen LogP contribution in [-0.2, 0) is 20.9 Å². The van der Waals surface area contributed by atoms with Gasteiger partial charge in [0.15, 0.2) is 0 Å². The standard InChI is InChI=1S/C27H38N4O4S/c1-15(2)21-10-18(23-16(3)29-14-36-23)8-9-19(21)12-28-25(34)22-11-20(33)13-31(22)26(35)24(27(5,6)7)30-17(4)32/h8-10,14-15,20,22,24,33H,11-13H2,1-7H3,(H,28,34)(H,30,32)/t20-,22+,24-/m1/s1. The summed E-state index contributed by atoms with van der Waals surface area (Å²) in [5.74, 6) is -0.738. The molecule has 1 fully saturated rings. The summed E-state index contributed by atoms with van der Waals surface area (Å²) in [6.07, 6.45) is -0.634. The molecule has 1 aliphatic heterocycles. The van der Waals surface area contributed by atoms with E-state index in [9.17, 15) is 19.5 Å². The summed E-state index contributed by atoms with van der Waals surface area (Å²) >= 11 is 1.61. The second-order valence-electron chi connectivity index (χ2n) is 10.9. The number of thiazole rings is 1. The van der Waals surface area contributed by atoms with Crippen LogP contribution in [0.4, 0.5) is 0 Å². The lowest BCUT2D eigenvalue weighted by molar-refractivity contribution is -0.143. The molecule has 2 aromatic rings. The maximum atomic E-state index is 13.4. The topological polar surface area (TPSA) is 112 Å². The molecule has 0 unspecified atom stereocenters. The van der Waals surface area contributed by atoms with Gasteiger partial charge < -0.3 is 20.6 Å². The molecular weight excluding hydrogens is 476 g/mol. The fraction of sp³-hybridized carbons (Fsp3) is 0.556. The first-order valence-corrected chi connectivity index (χ1v) is 13.2. The lowest BCUT2D eigenvalue weighted by atomic mass is 9.85. The van der Waals surface area contributed by atoms with E-state index in [2.05, 4.69) is 35.5 Å². The zero-order valence-corrected chi connectivity index (χ0v) is 23.0. The van der Waals surface area contributed by atoms with E-state index in [4.69, 9.17) is 0 Å². The van der Waals surface area contributed by atoms with Gasteiger partial charge in [-0.05, 0) is 41.0 Å². The molecule has 3 rings (SSSR count). The van der Waals surface area contributed by atoms with E-state index >= 15 is 0 Å².